The van der Waals surface area contributed by atoms with E-state index in [0.29, 0.717) is 18.1 Å². The Morgan fingerprint density at radius 1 is 1.50 bits per heavy atom. The smallest absolute Gasteiger partial charge is 0.273 e. The molecule has 0 saturated heterocycles. The minimum absolute atomic E-state index is 0.190. The van der Waals surface area contributed by atoms with Crippen LogP contribution in [0.2, 0.25) is 0 Å². The van der Waals surface area contributed by atoms with Crippen molar-refractivity contribution >= 4 is 17.5 Å². The van der Waals surface area contributed by atoms with Crippen molar-refractivity contribution in [1.29, 1.82) is 0 Å². The Balaban J connectivity index is 2.10. The Morgan fingerprint density at radius 3 is 3.00 bits per heavy atom. The molecule has 0 radical (unpaired) electrons. The van der Waals surface area contributed by atoms with Crippen molar-refractivity contribution in [3.8, 4) is 0 Å². The minimum Gasteiger partial charge on any atom is -0.351 e. The minimum atomic E-state index is -0.190. The molecule has 1 heterocycles. The zero-order chi connectivity index (χ0) is 10.2. The van der Waals surface area contributed by atoms with Gasteiger partial charge in [-0.05, 0) is 12.8 Å². The van der Waals surface area contributed by atoms with Crippen LogP contribution in [-0.2, 0) is 0 Å². The molecule has 1 amide bonds. The van der Waals surface area contributed by atoms with E-state index in [4.69, 9.17) is 11.6 Å². The largest absolute Gasteiger partial charge is 0.351 e. The Hall–Kier alpha value is -1.10. The van der Waals surface area contributed by atoms with Gasteiger partial charge in [-0.3, -0.25) is 4.79 Å². The van der Waals surface area contributed by atoms with E-state index in [1.54, 1.807) is 0 Å². The van der Waals surface area contributed by atoms with E-state index in [1.807, 2.05) is 0 Å². The van der Waals surface area contributed by atoms with E-state index in [0.717, 1.165) is 19.3 Å². The molecule has 0 unspecified atom stereocenters. The second kappa shape index (κ2) is 6.37. The monoisotopic (exact) mass is 216 g/mol. The fourth-order valence-electron chi connectivity index (χ4n) is 1.000. The number of carbonyl (C=O) groups is 1. The van der Waals surface area contributed by atoms with E-state index < -0.39 is 0 Å². The SMILES string of the molecule is O=C(NCCCCCCl)c1cn[nH]n1. The quantitative estimate of drug-likeness (QED) is 0.549. The lowest BCUT2D eigenvalue weighted by Crippen LogP contribution is -2.24. The van der Waals surface area contributed by atoms with Crippen molar-refractivity contribution in [3.63, 3.8) is 0 Å². The van der Waals surface area contributed by atoms with Crippen molar-refractivity contribution in [1.82, 2.24) is 20.7 Å². The molecular formula is C8H13ClN4O. The summed E-state index contributed by atoms with van der Waals surface area (Å²) in [4.78, 5) is 11.3. The summed E-state index contributed by atoms with van der Waals surface area (Å²) >= 11 is 5.51. The van der Waals surface area contributed by atoms with Gasteiger partial charge in [-0.15, -0.1) is 11.6 Å². The highest BCUT2D eigenvalue weighted by atomic mass is 35.5. The van der Waals surface area contributed by atoms with Crippen LogP contribution in [0.25, 0.3) is 0 Å². The lowest BCUT2D eigenvalue weighted by molar-refractivity contribution is 0.0948. The van der Waals surface area contributed by atoms with E-state index in [1.165, 1.54) is 6.20 Å². The average molecular weight is 217 g/mol. The summed E-state index contributed by atoms with van der Waals surface area (Å²) < 4.78 is 0. The third-order valence-electron chi connectivity index (χ3n) is 1.74. The Morgan fingerprint density at radius 2 is 2.36 bits per heavy atom. The maximum absolute atomic E-state index is 11.3. The van der Waals surface area contributed by atoms with Gasteiger partial charge >= 0.3 is 0 Å². The summed E-state index contributed by atoms with van der Waals surface area (Å²) in [6.45, 7) is 0.655. The number of hydrogen-bond acceptors (Lipinski definition) is 3. The van der Waals surface area contributed by atoms with Crippen LogP contribution >= 0.6 is 11.6 Å². The van der Waals surface area contributed by atoms with Crippen molar-refractivity contribution in [2.75, 3.05) is 12.4 Å². The third kappa shape index (κ3) is 3.74. The van der Waals surface area contributed by atoms with Crippen molar-refractivity contribution in [3.05, 3.63) is 11.9 Å². The fraction of sp³-hybridized carbons (Fsp3) is 0.625. The number of unbranched alkanes of at least 4 members (excludes halogenated alkanes) is 2. The predicted octanol–water partition coefficient (Wildman–Crippen LogP) is 0.944. The van der Waals surface area contributed by atoms with E-state index in [2.05, 4.69) is 20.7 Å². The maximum Gasteiger partial charge on any atom is 0.273 e. The van der Waals surface area contributed by atoms with Gasteiger partial charge in [0.25, 0.3) is 5.91 Å². The number of carbonyl (C=O) groups excluding carboxylic acids is 1. The van der Waals surface area contributed by atoms with Gasteiger partial charge in [0.1, 0.15) is 0 Å². The zero-order valence-corrected chi connectivity index (χ0v) is 8.55. The van der Waals surface area contributed by atoms with E-state index >= 15 is 0 Å². The van der Waals surface area contributed by atoms with Crippen LogP contribution in [0, 0.1) is 0 Å². The first-order valence-electron chi connectivity index (χ1n) is 4.54. The second-order valence-electron chi connectivity index (χ2n) is 2.86. The van der Waals surface area contributed by atoms with Crippen molar-refractivity contribution in [2.45, 2.75) is 19.3 Å². The molecule has 14 heavy (non-hydrogen) atoms. The average Bonchev–Trinajstić information content (AvgIpc) is 2.70. The molecule has 6 heteroatoms. The van der Waals surface area contributed by atoms with Gasteiger partial charge in [-0.2, -0.15) is 15.4 Å². The molecule has 0 spiro atoms. The number of halogens is 1. The summed E-state index contributed by atoms with van der Waals surface area (Å²) in [6, 6.07) is 0. The van der Waals surface area contributed by atoms with Crippen LogP contribution in [0.5, 0.6) is 0 Å². The number of hydrogen-bond donors (Lipinski definition) is 2. The van der Waals surface area contributed by atoms with Gasteiger partial charge in [0, 0.05) is 12.4 Å². The molecule has 0 aromatic carbocycles. The van der Waals surface area contributed by atoms with Crippen molar-refractivity contribution < 1.29 is 4.79 Å². The molecule has 0 atom stereocenters. The maximum atomic E-state index is 11.3. The van der Waals surface area contributed by atoms with Crippen LogP contribution in [0.15, 0.2) is 6.20 Å². The molecule has 1 aromatic rings. The molecule has 0 saturated carbocycles. The van der Waals surface area contributed by atoms with Crippen LogP contribution in [0.3, 0.4) is 0 Å². The Bertz CT molecular complexity index is 262. The number of amides is 1. The molecule has 0 aliphatic rings. The molecule has 2 N–H and O–H groups in total. The first-order valence-corrected chi connectivity index (χ1v) is 5.08. The van der Waals surface area contributed by atoms with Crippen LogP contribution in [-0.4, -0.2) is 33.7 Å². The molecule has 0 fully saturated rings. The molecule has 1 rings (SSSR count). The molecule has 1 aromatic heterocycles. The molecular weight excluding hydrogens is 204 g/mol. The standard InChI is InChI=1S/C8H13ClN4O/c9-4-2-1-3-5-10-8(14)7-6-11-13-12-7/h6H,1-5H2,(H,10,14)(H,11,12,13). The summed E-state index contributed by atoms with van der Waals surface area (Å²) in [6.07, 6.45) is 4.36. The number of rotatable bonds is 6. The normalized spacial score (nSPS) is 10.1. The first kappa shape index (κ1) is 11.0. The highest BCUT2D eigenvalue weighted by molar-refractivity contribution is 6.17. The van der Waals surface area contributed by atoms with Crippen LogP contribution < -0.4 is 5.32 Å². The van der Waals surface area contributed by atoms with Gasteiger partial charge < -0.3 is 5.32 Å². The Labute approximate surface area is 87.2 Å². The van der Waals surface area contributed by atoms with Gasteiger partial charge in [0.05, 0.1) is 6.20 Å². The third-order valence-corrected chi connectivity index (χ3v) is 2.01. The molecule has 5 nitrogen and oxygen atoms in total. The number of aromatic nitrogens is 3. The summed E-state index contributed by atoms with van der Waals surface area (Å²) in [5.74, 6) is 0.488. The van der Waals surface area contributed by atoms with Crippen LogP contribution in [0.1, 0.15) is 29.8 Å². The summed E-state index contributed by atoms with van der Waals surface area (Å²) in [5.41, 5.74) is 0.322. The van der Waals surface area contributed by atoms with Crippen molar-refractivity contribution in [2.24, 2.45) is 0 Å². The summed E-state index contributed by atoms with van der Waals surface area (Å²) in [5, 5.41) is 12.3. The van der Waals surface area contributed by atoms with Crippen LogP contribution in [0.4, 0.5) is 0 Å². The van der Waals surface area contributed by atoms with E-state index in [9.17, 15) is 4.79 Å². The summed E-state index contributed by atoms with van der Waals surface area (Å²) in [7, 11) is 0. The molecule has 0 bridgehead atoms. The molecule has 0 aliphatic carbocycles. The van der Waals surface area contributed by atoms with E-state index in [-0.39, 0.29) is 5.91 Å². The topological polar surface area (TPSA) is 70.7 Å². The number of alkyl halides is 1. The van der Waals surface area contributed by atoms with Gasteiger partial charge in [0.2, 0.25) is 0 Å². The second-order valence-corrected chi connectivity index (χ2v) is 3.24. The molecule has 0 aliphatic heterocycles. The Kier molecular flexibility index (Phi) is 4.99. The number of H-pyrrole nitrogens is 1. The number of nitrogens with zero attached hydrogens (tertiary/aromatic N) is 2. The van der Waals surface area contributed by atoms with Gasteiger partial charge in [-0.25, -0.2) is 0 Å². The lowest BCUT2D eigenvalue weighted by Gasteiger charge is -2.01. The number of aromatic amines is 1. The van der Waals surface area contributed by atoms with Gasteiger partial charge in [0.15, 0.2) is 5.69 Å². The number of nitrogens with one attached hydrogen (secondary N) is 2. The van der Waals surface area contributed by atoms with Gasteiger partial charge in [-0.1, -0.05) is 6.42 Å². The highest BCUT2D eigenvalue weighted by Crippen LogP contribution is 1.96. The predicted molar refractivity (Wildman–Crippen MR) is 53.3 cm³/mol. The highest BCUT2D eigenvalue weighted by Gasteiger charge is 2.06. The first-order chi connectivity index (χ1) is 6.84. The zero-order valence-electron chi connectivity index (χ0n) is 7.79. The molecule has 78 valence electrons. The fourth-order valence-corrected chi connectivity index (χ4v) is 1.19. The lowest BCUT2D eigenvalue weighted by atomic mass is 10.2.